The first-order valence-corrected chi connectivity index (χ1v) is 12.0. The van der Waals surface area contributed by atoms with Gasteiger partial charge in [0.15, 0.2) is 17.0 Å². The van der Waals surface area contributed by atoms with Crippen LogP contribution in [0.2, 0.25) is 10.0 Å². The van der Waals surface area contributed by atoms with Crippen molar-refractivity contribution in [3.05, 3.63) is 34.6 Å². The van der Waals surface area contributed by atoms with E-state index in [4.69, 9.17) is 44.7 Å². The number of nitrogens with zero attached hydrogens (tertiary/aromatic N) is 5. The number of fused-ring (bicyclic) bond motifs is 1. The maximum Gasteiger partial charge on any atom is 0.227 e. The Morgan fingerprint density at radius 1 is 1.00 bits per heavy atom. The van der Waals surface area contributed by atoms with Gasteiger partial charge in [-0.2, -0.15) is 9.97 Å². The zero-order valence-electron chi connectivity index (χ0n) is 18.7. The van der Waals surface area contributed by atoms with Gasteiger partial charge in [0.1, 0.15) is 0 Å². The number of nitrogens with one attached hydrogen (secondary N) is 1. The summed E-state index contributed by atoms with van der Waals surface area (Å²) in [7, 11) is 0. The molecule has 34 heavy (non-hydrogen) atoms. The number of hydrogen-bond acceptors (Lipinski definition) is 7. The lowest BCUT2D eigenvalue weighted by molar-refractivity contribution is 0.410. The number of hydrazine groups is 1. The van der Waals surface area contributed by atoms with Crippen molar-refractivity contribution in [2.24, 2.45) is 11.6 Å². The minimum Gasteiger partial charge on any atom is -0.351 e. The van der Waals surface area contributed by atoms with Gasteiger partial charge in [-0.05, 0) is 56.7 Å². The molecule has 0 saturated heterocycles. The Balaban J connectivity index is 0.00000162. The number of nitrogens with two attached hydrogens (primary N) is 2. The summed E-state index contributed by atoms with van der Waals surface area (Å²) in [6.07, 6.45) is 10.5. The molecule has 0 aliphatic heterocycles. The van der Waals surface area contributed by atoms with Gasteiger partial charge in [-0.25, -0.2) is 10.8 Å². The zero-order valence-corrected chi connectivity index (χ0v) is 21.8. The summed E-state index contributed by atoms with van der Waals surface area (Å²) in [6, 6.07) is 6.16. The Morgan fingerprint density at radius 3 is 2.38 bits per heavy atom. The first-order valence-electron chi connectivity index (χ1n) is 11.3. The third kappa shape index (κ3) is 5.48. The molecule has 0 bridgehead atoms. The van der Waals surface area contributed by atoms with Crippen LogP contribution in [0.3, 0.4) is 0 Å². The lowest BCUT2D eigenvalue weighted by atomic mass is 9.92. The smallest absolute Gasteiger partial charge is 0.227 e. The van der Waals surface area contributed by atoms with Crippen LogP contribution in [-0.2, 0) is 0 Å². The van der Waals surface area contributed by atoms with Gasteiger partial charge in [-0.1, -0.05) is 36.0 Å². The molecule has 0 spiro atoms. The number of aromatic nitrogens is 4. The molecule has 2 fully saturated rings. The normalized spacial score (nSPS) is 20.6. The van der Waals surface area contributed by atoms with E-state index in [9.17, 15) is 0 Å². The average Bonchev–Trinajstić information content (AvgIpc) is 3.44. The Morgan fingerprint density at radius 2 is 1.71 bits per heavy atom. The Hall–Kier alpha value is -1.55. The molecule has 1 aromatic carbocycles. The first kappa shape index (κ1) is 27.0. The molecule has 8 nitrogen and oxygen atoms in total. The Kier molecular flexibility index (Phi) is 9.11. The summed E-state index contributed by atoms with van der Waals surface area (Å²) in [4.78, 5) is 14.3. The fourth-order valence-corrected chi connectivity index (χ4v) is 5.32. The number of halogens is 4. The summed E-state index contributed by atoms with van der Waals surface area (Å²) < 4.78 is 2.17. The highest BCUT2D eigenvalue weighted by molar-refractivity contribution is 6.36. The van der Waals surface area contributed by atoms with Gasteiger partial charge < -0.3 is 15.6 Å². The lowest BCUT2D eigenvalue weighted by Gasteiger charge is -2.27. The van der Waals surface area contributed by atoms with Crippen molar-refractivity contribution in [3.8, 4) is 0 Å². The average molecular weight is 548 g/mol. The highest BCUT2D eigenvalue weighted by Crippen LogP contribution is 2.37. The highest BCUT2D eigenvalue weighted by atomic mass is 35.5. The van der Waals surface area contributed by atoms with Crippen molar-refractivity contribution in [1.82, 2.24) is 19.5 Å². The predicted molar refractivity (Wildman–Crippen MR) is 144 cm³/mol. The third-order valence-corrected chi connectivity index (χ3v) is 7.16. The molecular weight excluding hydrogens is 518 g/mol. The van der Waals surface area contributed by atoms with Crippen molar-refractivity contribution in [1.29, 1.82) is 0 Å². The number of imidazole rings is 1. The quantitative estimate of drug-likeness (QED) is 0.274. The summed E-state index contributed by atoms with van der Waals surface area (Å²) in [5.74, 6) is 7.59. The van der Waals surface area contributed by atoms with E-state index in [0.717, 1.165) is 44.2 Å². The van der Waals surface area contributed by atoms with Gasteiger partial charge in [0, 0.05) is 23.1 Å². The van der Waals surface area contributed by atoms with Crippen LogP contribution < -0.4 is 21.9 Å². The van der Waals surface area contributed by atoms with Crippen molar-refractivity contribution in [2.75, 3.05) is 10.3 Å². The molecule has 186 valence electrons. The number of anilines is 3. The fraction of sp³-hybridized carbons (Fsp3) is 0.500. The van der Waals surface area contributed by atoms with Gasteiger partial charge in [-0.3, -0.25) is 5.01 Å². The van der Waals surface area contributed by atoms with Crippen LogP contribution in [0.1, 0.15) is 57.4 Å². The van der Waals surface area contributed by atoms with Crippen molar-refractivity contribution < 1.29 is 0 Å². The van der Waals surface area contributed by atoms with Crippen LogP contribution in [0.25, 0.3) is 11.2 Å². The largest absolute Gasteiger partial charge is 0.351 e. The number of rotatable bonds is 5. The molecule has 2 aromatic heterocycles. The molecule has 5 rings (SSSR count). The Bertz CT molecular complexity index is 1110. The second-order valence-electron chi connectivity index (χ2n) is 8.85. The summed E-state index contributed by atoms with van der Waals surface area (Å²) in [6.45, 7) is 0. The minimum absolute atomic E-state index is 0. The molecule has 2 heterocycles. The van der Waals surface area contributed by atoms with Gasteiger partial charge in [0.2, 0.25) is 5.95 Å². The third-order valence-electron chi connectivity index (χ3n) is 6.62. The number of hydrogen-bond donors (Lipinski definition) is 3. The van der Waals surface area contributed by atoms with Gasteiger partial charge >= 0.3 is 0 Å². The number of benzene rings is 1. The zero-order chi connectivity index (χ0) is 22.2. The molecule has 0 amide bonds. The van der Waals surface area contributed by atoms with Crippen LogP contribution in [0.4, 0.5) is 17.5 Å². The maximum absolute atomic E-state index is 6.54. The molecule has 0 unspecified atom stereocenters. The van der Waals surface area contributed by atoms with E-state index in [2.05, 4.69) is 14.9 Å². The van der Waals surface area contributed by atoms with Crippen LogP contribution in [0, 0.1) is 0 Å². The topological polar surface area (TPSA) is 111 Å². The molecular formula is C22H30Cl4N8. The van der Waals surface area contributed by atoms with Crippen molar-refractivity contribution >= 4 is 76.6 Å². The summed E-state index contributed by atoms with van der Waals surface area (Å²) >= 11 is 12.5. The van der Waals surface area contributed by atoms with Crippen LogP contribution in [0.5, 0.6) is 0 Å². The first-order chi connectivity index (χ1) is 15.5. The summed E-state index contributed by atoms with van der Waals surface area (Å²) in [5.41, 5.74) is 8.12. The van der Waals surface area contributed by atoms with Crippen LogP contribution in [-0.4, -0.2) is 31.6 Å². The standard InChI is InChI=1S/C22H28Cl2N8.2ClH/c23-13-5-10-18(17(24)11-13)32(26)21-19-20(31(12-27-19)16-3-1-2-4-16)29-22(30-21)28-15-8-6-14(25)7-9-15;;/h5,10-12,14-16H,1-4,6-9,25-26H2,(H,28,29,30);2*1H. The van der Waals surface area contributed by atoms with E-state index < -0.39 is 0 Å². The molecule has 2 aliphatic carbocycles. The molecule has 2 saturated carbocycles. The predicted octanol–water partition coefficient (Wildman–Crippen LogP) is 5.79. The monoisotopic (exact) mass is 546 g/mol. The molecule has 2 aliphatic rings. The van der Waals surface area contributed by atoms with E-state index >= 15 is 0 Å². The van der Waals surface area contributed by atoms with Crippen LogP contribution >= 0.6 is 48.0 Å². The van der Waals surface area contributed by atoms with E-state index in [1.165, 1.54) is 17.9 Å². The van der Waals surface area contributed by atoms with Crippen molar-refractivity contribution in [3.63, 3.8) is 0 Å². The molecule has 0 atom stereocenters. The van der Waals surface area contributed by atoms with Gasteiger partial charge in [0.25, 0.3) is 0 Å². The fourth-order valence-electron chi connectivity index (χ4n) is 4.82. The SMILES string of the molecule is Cl.Cl.NC1CCC(Nc2nc(N(N)c3ccc(Cl)cc3Cl)c3ncn(C4CCCC4)c3n2)CC1. The molecule has 0 radical (unpaired) electrons. The lowest BCUT2D eigenvalue weighted by Crippen LogP contribution is -2.33. The highest BCUT2D eigenvalue weighted by Gasteiger charge is 2.25. The van der Waals surface area contributed by atoms with Gasteiger partial charge in [0.05, 0.1) is 17.0 Å². The second kappa shape index (κ2) is 11.5. The summed E-state index contributed by atoms with van der Waals surface area (Å²) in [5, 5.41) is 5.97. The minimum atomic E-state index is 0. The molecule has 3 aromatic rings. The second-order valence-corrected chi connectivity index (χ2v) is 9.70. The van der Waals surface area contributed by atoms with E-state index in [-0.39, 0.29) is 36.9 Å². The maximum atomic E-state index is 6.54. The van der Waals surface area contributed by atoms with E-state index in [0.29, 0.717) is 39.1 Å². The van der Waals surface area contributed by atoms with Crippen LogP contribution in [0.15, 0.2) is 24.5 Å². The Labute approximate surface area is 221 Å². The molecule has 12 heteroatoms. The van der Waals surface area contributed by atoms with E-state index in [1.54, 1.807) is 18.2 Å². The van der Waals surface area contributed by atoms with E-state index in [1.807, 2.05) is 6.33 Å². The molecule has 5 N–H and O–H groups in total. The van der Waals surface area contributed by atoms with Crippen molar-refractivity contribution in [2.45, 2.75) is 69.5 Å². The van der Waals surface area contributed by atoms with Gasteiger partial charge in [-0.15, -0.1) is 24.8 Å².